The fourth-order valence-corrected chi connectivity index (χ4v) is 5.28. The number of ketones is 1. The molecule has 4 aliphatic carbocycles. The molecule has 1 heteroatoms. The van der Waals surface area contributed by atoms with Gasteiger partial charge in [0.1, 0.15) is 5.78 Å². The Morgan fingerprint density at radius 3 is 2.27 bits per heavy atom. The van der Waals surface area contributed by atoms with E-state index in [-0.39, 0.29) is 5.41 Å². The van der Waals surface area contributed by atoms with E-state index in [4.69, 9.17) is 0 Å². The lowest BCUT2D eigenvalue weighted by Crippen LogP contribution is -2.54. The molecule has 0 heterocycles. The third-order valence-corrected chi connectivity index (χ3v) is 5.68. The van der Waals surface area contributed by atoms with Crippen molar-refractivity contribution in [3.63, 3.8) is 0 Å². The van der Waals surface area contributed by atoms with E-state index in [0.29, 0.717) is 11.2 Å². The molecule has 4 rings (SSSR count). The molecular formula is C14H22O. The van der Waals surface area contributed by atoms with Crippen molar-refractivity contribution >= 4 is 5.78 Å². The van der Waals surface area contributed by atoms with Crippen molar-refractivity contribution in [2.24, 2.45) is 22.7 Å². The highest BCUT2D eigenvalue weighted by Crippen LogP contribution is 2.66. The second-order valence-corrected chi connectivity index (χ2v) is 6.65. The number of carbonyl (C=O) groups excluding carboxylic acids is 1. The van der Waals surface area contributed by atoms with Crippen molar-refractivity contribution in [1.29, 1.82) is 0 Å². The summed E-state index contributed by atoms with van der Waals surface area (Å²) in [6, 6.07) is 0. The first-order valence-electron chi connectivity index (χ1n) is 6.59. The standard InChI is InChI=1S/C14H22O/c1-3-13-5-11-4-12(6-13)8-14(7-11,9-13)10(2)15/h11-12H,3-9H2,1-2H3. The Balaban J connectivity index is 1.99. The molecule has 0 aliphatic heterocycles. The molecule has 0 radical (unpaired) electrons. The molecule has 0 N–H and O–H groups in total. The van der Waals surface area contributed by atoms with Crippen LogP contribution in [0.3, 0.4) is 0 Å². The minimum Gasteiger partial charge on any atom is -0.299 e. The summed E-state index contributed by atoms with van der Waals surface area (Å²) in [4.78, 5) is 12.0. The molecule has 0 aromatic rings. The summed E-state index contributed by atoms with van der Waals surface area (Å²) in [6.07, 6.45) is 9.25. The van der Waals surface area contributed by atoms with Gasteiger partial charge in [-0.15, -0.1) is 0 Å². The van der Waals surface area contributed by atoms with Crippen LogP contribution in [0.1, 0.15) is 58.8 Å². The first-order valence-corrected chi connectivity index (χ1v) is 6.59. The topological polar surface area (TPSA) is 17.1 Å². The largest absolute Gasteiger partial charge is 0.299 e. The van der Waals surface area contributed by atoms with Crippen LogP contribution in [0.5, 0.6) is 0 Å². The van der Waals surface area contributed by atoms with Crippen LogP contribution >= 0.6 is 0 Å². The van der Waals surface area contributed by atoms with Gasteiger partial charge in [-0.25, -0.2) is 0 Å². The van der Waals surface area contributed by atoms with E-state index in [9.17, 15) is 4.79 Å². The van der Waals surface area contributed by atoms with Gasteiger partial charge in [-0.3, -0.25) is 4.79 Å². The number of hydrogen-bond donors (Lipinski definition) is 0. The number of Topliss-reactive ketones (excluding diaryl/α,β-unsaturated/α-hetero) is 1. The van der Waals surface area contributed by atoms with Gasteiger partial charge in [0, 0.05) is 5.41 Å². The zero-order valence-electron chi connectivity index (χ0n) is 10.0. The molecule has 4 aliphatic rings. The summed E-state index contributed by atoms with van der Waals surface area (Å²) in [5, 5.41) is 0. The Morgan fingerprint density at radius 1 is 1.20 bits per heavy atom. The quantitative estimate of drug-likeness (QED) is 0.675. The lowest BCUT2D eigenvalue weighted by atomic mass is 9.43. The molecule has 84 valence electrons. The predicted octanol–water partition coefficient (Wildman–Crippen LogP) is 3.57. The van der Waals surface area contributed by atoms with Crippen LogP contribution in [-0.2, 0) is 4.79 Å². The van der Waals surface area contributed by atoms with E-state index >= 15 is 0 Å². The number of carbonyl (C=O) groups is 1. The fourth-order valence-electron chi connectivity index (χ4n) is 5.28. The highest BCUT2D eigenvalue weighted by molar-refractivity contribution is 5.83. The third-order valence-electron chi connectivity index (χ3n) is 5.68. The number of hydrogen-bond acceptors (Lipinski definition) is 1. The molecule has 0 spiro atoms. The maximum atomic E-state index is 12.0. The van der Waals surface area contributed by atoms with Gasteiger partial charge in [0.25, 0.3) is 0 Å². The van der Waals surface area contributed by atoms with E-state index in [1.807, 2.05) is 6.92 Å². The second kappa shape index (κ2) is 2.87. The third kappa shape index (κ3) is 1.24. The van der Waals surface area contributed by atoms with E-state index in [2.05, 4.69) is 6.92 Å². The van der Waals surface area contributed by atoms with E-state index in [0.717, 1.165) is 11.8 Å². The SMILES string of the molecule is CCC12CC3CC(C1)CC(C(C)=O)(C3)C2. The molecule has 4 bridgehead atoms. The molecular weight excluding hydrogens is 184 g/mol. The molecule has 2 atom stereocenters. The van der Waals surface area contributed by atoms with Gasteiger partial charge in [-0.2, -0.15) is 0 Å². The Kier molecular flexibility index (Phi) is 1.88. The van der Waals surface area contributed by atoms with Crippen LogP contribution in [0.4, 0.5) is 0 Å². The first-order chi connectivity index (χ1) is 7.07. The highest BCUT2D eigenvalue weighted by atomic mass is 16.1. The molecule has 1 nitrogen and oxygen atoms in total. The van der Waals surface area contributed by atoms with Crippen LogP contribution in [0, 0.1) is 22.7 Å². The molecule has 4 saturated carbocycles. The Morgan fingerprint density at radius 2 is 1.80 bits per heavy atom. The summed E-state index contributed by atoms with van der Waals surface area (Å²) in [5.41, 5.74) is 0.690. The van der Waals surface area contributed by atoms with Gasteiger partial charge in [0.15, 0.2) is 0 Å². The van der Waals surface area contributed by atoms with Crippen LogP contribution in [0.25, 0.3) is 0 Å². The molecule has 15 heavy (non-hydrogen) atoms. The lowest BCUT2D eigenvalue weighted by molar-refractivity contribution is -0.153. The molecule has 0 aromatic heterocycles. The van der Waals surface area contributed by atoms with Gasteiger partial charge in [0.05, 0.1) is 0 Å². The van der Waals surface area contributed by atoms with Gasteiger partial charge in [0.2, 0.25) is 0 Å². The van der Waals surface area contributed by atoms with Crippen molar-refractivity contribution in [3.8, 4) is 0 Å². The summed E-state index contributed by atoms with van der Waals surface area (Å²) in [7, 11) is 0. The van der Waals surface area contributed by atoms with Gasteiger partial charge in [-0.1, -0.05) is 13.3 Å². The van der Waals surface area contributed by atoms with Crippen molar-refractivity contribution in [2.75, 3.05) is 0 Å². The van der Waals surface area contributed by atoms with E-state index in [1.165, 1.54) is 44.9 Å². The van der Waals surface area contributed by atoms with Gasteiger partial charge in [-0.05, 0) is 62.7 Å². The van der Waals surface area contributed by atoms with Crippen LogP contribution in [0.2, 0.25) is 0 Å². The summed E-state index contributed by atoms with van der Waals surface area (Å²) < 4.78 is 0. The van der Waals surface area contributed by atoms with Gasteiger partial charge >= 0.3 is 0 Å². The zero-order valence-corrected chi connectivity index (χ0v) is 10.0. The molecule has 0 aromatic carbocycles. The van der Waals surface area contributed by atoms with Crippen molar-refractivity contribution in [1.82, 2.24) is 0 Å². The molecule has 2 unspecified atom stereocenters. The Bertz CT molecular complexity index is 290. The highest BCUT2D eigenvalue weighted by Gasteiger charge is 2.58. The second-order valence-electron chi connectivity index (χ2n) is 6.65. The predicted molar refractivity (Wildman–Crippen MR) is 60.5 cm³/mol. The Hall–Kier alpha value is -0.330. The molecule has 0 saturated heterocycles. The van der Waals surface area contributed by atoms with E-state index in [1.54, 1.807) is 0 Å². The summed E-state index contributed by atoms with van der Waals surface area (Å²) in [5.74, 6) is 2.26. The molecule has 4 fully saturated rings. The van der Waals surface area contributed by atoms with Crippen LogP contribution < -0.4 is 0 Å². The Labute approximate surface area is 92.6 Å². The normalized spacial score (nSPS) is 52.1. The maximum absolute atomic E-state index is 12.0. The average Bonchev–Trinajstić information content (AvgIpc) is 2.15. The van der Waals surface area contributed by atoms with Crippen LogP contribution in [0.15, 0.2) is 0 Å². The average molecular weight is 206 g/mol. The van der Waals surface area contributed by atoms with Crippen molar-refractivity contribution < 1.29 is 4.79 Å². The minimum atomic E-state index is 0.125. The van der Waals surface area contributed by atoms with Gasteiger partial charge < -0.3 is 0 Å². The summed E-state index contributed by atoms with van der Waals surface area (Å²) >= 11 is 0. The smallest absolute Gasteiger partial charge is 0.136 e. The fraction of sp³-hybridized carbons (Fsp3) is 0.929. The molecule has 0 amide bonds. The maximum Gasteiger partial charge on any atom is 0.136 e. The van der Waals surface area contributed by atoms with Crippen molar-refractivity contribution in [2.45, 2.75) is 58.8 Å². The van der Waals surface area contributed by atoms with Crippen LogP contribution in [-0.4, -0.2) is 5.78 Å². The van der Waals surface area contributed by atoms with E-state index < -0.39 is 0 Å². The monoisotopic (exact) mass is 206 g/mol. The first kappa shape index (κ1) is 9.86. The minimum absolute atomic E-state index is 0.125. The zero-order chi connectivity index (χ0) is 10.7. The summed E-state index contributed by atoms with van der Waals surface area (Å²) in [6.45, 7) is 4.18. The number of rotatable bonds is 2. The lowest BCUT2D eigenvalue weighted by Gasteiger charge is -2.61. The van der Waals surface area contributed by atoms with Crippen molar-refractivity contribution in [3.05, 3.63) is 0 Å².